The van der Waals surface area contributed by atoms with Crippen LogP contribution >= 0.6 is 0 Å². The second-order valence-corrected chi connectivity index (χ2v) is 5.07. The van der Waals surface area contributed by atoms with E-state index < -0.39 is 0 Å². The van der Waals surface area contributed by atoms with Gasteiger partial charge in [0.2, 0.25) is 5.91 Å². The van der Waals surface area contributed by atoms with Gasteiger partial charge in [-0.2, -0.15) is 0 Å². The fourth-order valence-electron chi connectivity index (χ4n) is 2.36. The number of amides is 2. The number of rotatable bonds is 3. The Labute approximate surface area is 127 Å². The van der Waals surface area contributed by atoms with Gasteiger partial charge in [-0.1, -0.05) is 17.3 Å². The molecule has 0 spiro atoms. The molecule has 1 saturated heterocycles. The standard InChI is InChI=1S/C15H16N4O3/c1-10-8-12(18-22-10)15(21)17-11-4-2-3-5-13(11)19-7-6-16-14(20)9-19/h2-5,8H,6-7,9H2,1H3,(H,16,20)(H,17,21). The second kappa shape index (κ2) is 5.88. The Kier molecular flexibility index (Phi) is 3.78. The van der Waals surface area contributed by atoms with Crippen molar-refractivity contribution >= 4 is 23.2 Å². The van der Waals surface area contributed by atoms with Gasteiger partial charge in [0.1, 0.15) is 5.76 Å². The highest BCUT2D eigenvalue weighted by molar-refractivity contribution is 6.04. The lowest BCUT2D eigenvalue weighted by Crippen LogP contribution is -2.47. The van der Waals surface area contributed by atoms with Crippen LogP contribution in [0, 0.1) is 6.92 Å². The van der Waals surface area contributed by atoms with E-state index in [1.54, 1.807) is 19.1 Å². The molecule has 1 aliphatic rings. The molecule has 7 nitrogen and oxygen atoms in total. The van der Waals surface area contributed by atoms with Crippen molar-refractivity contribution in [3.05, 3.63) is 41.8 Å². The number of carbonyl (C=O) groups is 2. The van der Waals surface area contributed by atoms with Crippen molar-refractivity contribution in [1.29, 1.82) is 0 Å². The summed E-state index contributed by atoms with van der Waals surface area (Å²) < 4.78 is 4.91. The number of nitrogens with zero attached hydrogens (tertiary/aromatic N) is 2. The first-order valence-electron chi connectivity index (χ1n) is 6.99. The molecule has 2 aromatic rings. The molecule has 0 unspecified atom stereocenters. The van der Waals surface area contributed by atoms with Crippen LogP contribution in [-0.4, -0.2) is 36.6 Å². The first kappa shape index (κ1) is 14.1. The number of carbonyl (C=O) groups excluding carboxylic acids is 2. The van der Waals surface area contributed by atoms with Crippen molar-refractivity contribution in [2.24, 2.45) is 0 Å². The Hall–Kier alpha value is -2.83. The summed E-state index contributed by atoms with van der Waals surface area (Å²) in [6.45, 7) is 3.28. The highest BCUT2D eigenvalue weighted by Gasteiger charge is 2.20. The van der Waals surface area contributed by atoms with Gasteiger partial charge in [-0.3, -0.25) is 9.59 Å². The molecule has 3 rings (SSSR count). The lowest BCUT2D eigenvalue weighted by Gasteiger charge is -2.30. The summed E-state index contributed by atoms with van der Waals surface area (Å²) >= 11 is 0. The maximum Gasteiger partial charge on any atom is 0.277 e. The van der Waals surface area contributed by atoms with Gasteiger partial charge in [0, 0.05) is 19.2 Å². The number of nitrogens with one attached hydrogen (secondary N) is 2. The van der Waals surface area contributed by atoms with E-state index in [1.165, 1.54) is 0 Å². The third-order valence-corrected chi connectivity index (χ3v) is 3.39. The Morgan fingerprint density at radius 3 is 2.95 bits per heavy atom. The van der Waals surface area contributed by atoms with Gasteiger partial charge in [0.15, 0.2) is 5.69 Å². The number of aryl methyl sites for hydroxylation is 1. The molecule has 0 radical (unpaired) electrons. The minimum atomic E-state index is -0.342. The molecule has 1 aromatic heterocycles. The normalized spacial score (nSPS) is 14.6. The smallest absolute Gasteiger partial charge is 0.277 e. The number of para-hydroxylation sites is 2. The van der Waals surface area contributed by atoms with Gasteiger partial charge in [0.05, 0.1) is 17.9 Å². The Morgan fingerprint density at radius 2 is 2.23 bits per heavy atom. The van der Waals surface area contributed by atoms with Crippen LogP contribution in [0.5, 0.6) is 0 Å². The Balaban J connectivity index is 1.82. The molecular formula is C15H16N4O3. The van der Waals surface area contributed by atoms with Crippen LogP contribution in [-0.2, 0) is 4.79 Å². The average molecular weight is 300 g/mol. The van der Waals surface area contributed by atoms with Gasteiger partial charge < -0.3 is 20.1 Å². The largest absolute Gasteiger partial charge is 0.361 e. The number of hydrogen-bond acceptors (Lipinski definition) is 5. The van der Waals surface area contributed by atoms with Crippen LogP contribution < -0.4 is 15.5 Å². The maximum absolute atomic E-state index is 12.2. The van der Waals surface area contributed by atoms with Crippen molar-refractivity contribution in [3.8, 4) is 0 Å². The van der Waals surface area contributed by atoms with Crippen LogP contribution in [0.25, 0.3) is 0 Å². The monoisotopic (exact) mass is 300 g/mol. The van der Waals surface area contributed by atoms with E-state index in [2.05, 4.69) is 15.8 Å². The SMILES string of the molecule is Cc1cc(C(=O)Nc2ccccc2N2CCNC(=O)C2)no1. The first-order chi connectivity index (χ1) is 10.6. The van der Waals surface area contributed by atoms with Crippen LogP contribution in [0.2, 0.25) is 0 Å². The predicted octanol–water partition coefficient (Wildman–Crippen LogP) is 1.17. The highest BCUT2D eigenvalue weighted by Crippen LogP contribution is 2.26. The third-order valence-electron chi connectivity index (χ3n) is 3.39. The number of hydrogen-bond donors (Lipinski definition) is 2. The molecule has 2 amide bonds. The Morgan fingerprint density at radius 1 is 1.41 bits per heavy atom. The molecule has 0 bridgehead atoms. The van der Waals surface area contributed by atoms with E-state index >= 15 is 0 Å². The molecule has 2 N–H and O–H groups in total. The highest BCUT2D eigenvalue weighted by atomic mass is 16.5. The van der Waals surface area contributed by atoms with Crippen molar-refractivity contribution in [2.45, 2.75) is 6.92 Å². The molecule has 1 fully saturated rings. The van der Waals surface area contributed by atoms with Crippen LogP contribution in [0.1, 0.15) is 16.2 Å². The summed E-state index contributed by atoms with van der Waals surface area (Å²) in [6.07, 6.45) is 0. The van der Waals surface area contributed by atoms with E-state index in [9.17, 15) is 9.59 Å². The predicted molar refractivity (Wildman–Crippen MR) is 80.9 cm³/mol. The molecule has 1 aromatic carbocycles. The lowest BCUT2D eigenvalue weighted by molar-refractivity contribution is -0.120. The minimum Gasteiger partial charge on any atom is -0.361 e. The summed E-state index contributed by atoms with van der Waals surface area (Å²) in [7, 11) is 0. The summed E-state index contributed by atoms with van der Waals surface area (Å²) in [5.74, 6) is 0.205. The maximum atomic E-state index is 12.2. The van der Waals surface area contributed by atoms with Crippen molar-refractivity contribution < 1.29 is 14.1 Å². The zero-order chi connectivity index (χ0) is 15.5. The van der Waals surface area contributed by atoms with E-state index in [1.807, 2.05) is 23.1 Å². The molecule has 0 atom stereocenters. The van der Waals surface area contributed by atoms with E-state index in [0.29, 0.717) is 24.5 Å². The van der Waals surface area contributed by atoms with E-state index in [-0.39, 0.29) is 24.1 Å². The van der Waals surface area contributed by atoms with Crippen LogP contribution in [0.4, 0.5) is 11.4 Å². The van der Waals surface area contributed by atoms with Crippen LogP contribution in [0.3, 0.4) is 0 Å². The lowest BCUT2D eigenvalue weighted by atomic mass is 10.2. The topological polar surface area (TPSA) is 87.5 Å². The van der Waals surface area contributed by atoms with Crippen LogP contribution in [0.15, 0.2) is 34.9 Å². The molecule has 22 heavy (non-hydrogen) atoms. The number of piperazine rings is 1. The molecule has 7 heteroatoms. The molecule has 1 aliphatic heterocycles. The van der Waals surface area contributed by atoms with Crippen molar-refractivity contribution in [1.82, 2.24) is 10.5 Å². The molecule has 2 heterocycles. The first-order valence-corrected chi connectivity index (χ1v) is 6.99. The third kappa shape index (κ3) is 2.93. The van der Waals surface area contributed by atoms with Gasteiger partial charge >= 0.3 is 0 Å². The van der Waals surface area contributed by atoms with Gasteiger partial charge in [-0.25, -0.2) is 0 Å². The quantitative estimate of drug-likeness (QED) is 0.888. The Bertz CT molecular complexity index is 710. The number of benzene rings is 1. The summed E-state index contributed by atoms with van der Waals surface area (Å²) in [5.41, 5.74) is 1.68. The zero-order valence-corrected chi connectivity index (χ0v) is 12.1. The van der Waals surface area contributed by atoms with E-state index in [4.69, 9.17) is 4.52 Å². The molecule has 0 saturated carbocycles. The van der Waals surface area contributed by atoms with Gasteiger partial charge in [-0.15, -0.1) is 0 Å². The van der Waals surface area contributed by atoms with Gasteiger partial charge in [0.25, 0.3) is 5.91 Å². The van der Waals surface area contributed by atoms with Crippen molar-refractivity contribution in [3.63, 3.8) is 0 Å². The van der Waals surface area contributed by atoms with Gasteiger partial charge in [-0.05, 0) is 19.1 Å². The summed E-state index contributed by atoms with van der Waals surface area (Å²) in [5, 5.41) is 9.30. The fourth-order valence-corrected chi connectivity index (χ4v) is 2.36. The molecular weight excluding hydrogens is 284 g/mol. The minimum absolute atomic E-state index is 0.0282. The second-order valence-electron chi connectivity index (χ2n) is 5.07. The fraction of sp³-hybridized carbons (Fsp3) is 0.267. The summed E-state index contributed by atoms with van der Waals surface area (Å²) in [4.78, 5) is 25.7. The summed E-state index contributed by atoms with van der Waals surface area (Å²) in [6, 6.07) is 8.95. The number of aromatic nitrogens is 1. The molecule has 114 valence electrons. The average Bonchev–Trinajstić information content (AvgIpc) is 2.94. The number of anilines is 2. The molecule has 0 aliphatic carbocycles. The van der Waals surface area contributed by atoms with Crippen molar-refractivity contribution in [2.75, 3.05) is 29.9 Å². The zero-order valence-electron chi connectivity index (χ0n) is 12.1. The van der Waals surface area contributed by atoms with E-state index in [0.717, 1.165) is 5.69 Å².